The number of hydrogen-bond acceptors (Lipinski definition) is 1. The van der Waals surface area contributed by atoms with Gasteiger partial charge in [0, 0.05) is 11.1 Å². The number of aryl methyl sites for hydroxylation is 1. The molecular weight excluding hydrogens is 231 g/mol. The molecule has 0 N–H and O–H groups in total. The molecule has 0 bridgehead atoms. The van der Waals surface area contributed by atoms with Crippen molar-refractivity contribution in [2.45, 2.75) is 12.8 Å². The van der Waals surface area contributed by atoms with E-state index in [1.54, 1.807) is 0 Å². The molecule has 1 aliphatic carbocycles. The van der Waals surface area contributed by atoms with Crippen LogP contribution < -0.4 is 5.46 Å². The molecule has 0 saturated heterocycles. The molecule has 2 heteroatoms. The lowest BCUT2D eigenvalue weighted by atomic mass is 9.86. The van der Waals surface area contributed by atoms with Gasteiger partial charge < -0.3 is 0 Å². The zero-order valence-electron chi connectivity index (χ0n) is 11.0. The minimum atomic E-state index is 0.183. The van der Waals surface area contributed by atoms with Crippen LogP contribution in [0.4, 0.5) is 0 Å². The van der Waals surface area contributed by atoms with Crippen LogP contribution in [0.2, 0.25) is 0 Å². The van der Waals surface area contributed by atoms with Crippen LogP contribution in [-0.2, 0) is 6.42 Å². The normalized spacial score (nSPS) is 16.4. The summed E-state index contributed by atoms with van der Waals surface area (Å²) in [5.74, 6) is 0.183. The maximum Gasteiger partial charge on any atom is 0.189 e. The maximum atomic E-state index is 12.4. The van der Waals surface area contributed by atoms with Crippen molar-refractivity contribution >= 4 is 25.2 Å². The van der Waals surface area contributed by atoms with E-state index < -0.39 is 0 Å². The first kappa shape index (κ1) is 12.0. The number of hydrogen-bond donors (Lipinski definition) is 0. The van der Waals surface area contributed by atoms with Crippen molar-refractivity contribution < 1.29 is 4.79 Å². The topological polar surface area (TPSA) is 17.1 Å². The molecule has 0 amide bonds. The molecule has 2 aromatic rings. The summed E-state index contributed by atoms with van der Waals surface area (Å²) in [7, 11) is 2.07. The van der Waals surface area contributed by atoms with Gasteiger partial charge in [0.25, 0.3) is 0 Å². The molecule has 1 aliphatic rings. The van der Waals surface area contributed by atoms with E-state index in [1.165, 1.54) is 11.0 Å². The Balaban J connectivity index is 1.96. The van der Waals surface area contributed by atoms with Gasteiger partial charge in [0.15, 0.2) is 5.78 Å². The van der Waals surface area contributed by atoms with E-state index in [4.69, 9.17) is 0 Å². The minimum Gasteiger partial charge on any atom is -0.289 e. The lowest BCUT2D eigenvalue weighted by molar-refractivity contribution is 0.102. The highest BCUT2D eigenvalue weighted by Crippen LogP contribution is 2.26. The first-order chi connectivity index (χ1) is 9.24. The van der Waals surface area contributed by atoms with Gasteiger partial charge in [-0.05, 0) is 30.0 Å². The largest absolute Gasteiger partial charge is 0.289 e. The molecule has 0 unspecified atom stereocenters. The van der Waals surface area contributed by atoms with Crippen molar-refractivity contribution in [3.05, 3.63) is 70.8 Å². The molecular formula is C17H15BO. The van der Waals surface area contributed by atoms with E-state index in [-0.39, 0.29) is 5.78 Å². The SMILES string of the molecule is Bc1ccc(/C=C2\CCc3ccccc3C2=O)cc1. The van der Waals surface area contributed by atoms with Gasteiger partial charge in [-0.15, -0.1) is 0 Å². The van der Waals surface area contributed by atoms with E-state index in [2.05, 4.69) is 38.2 Å². The molecule has 0 saturated carbocycles. The summed E-state index contributed by atoms with van der Waals surface area (Å²) in [6, 6.07) is 16.2. The Morgan fingerprint density at radius 1 is 0.947 bits per heavy atom. The summed E-state index contributed by atoms with van der Waals surface area (Å²) in [5.41, 5.74) is 5.30. The highest BCUT2D eigenvalue weighted by atomic mass is 16.1. The van der Waals surface area contributed by atoms with E-state index in [1.807, 2.05) is 24.3 Å². The van der Waals surface area contributed by atoms with Crippen molar-refractivity contribution in [2.24, 2.45) is 0 Å². The fraction of sp³-hybridized carbons (Fsp3) is 0.118. The Kier molecular flexibility index (Phi) is 3.08. The molecule has 0 radical (unpaired) electrons. The summed E-state index contributed by atoms with van der Waals surface area (Å²) in [4.78, 5) is 12.4. The molecule has 0 aliphatic heterocycles. The number of Topliss-reactive ketones (excluding diaryl/α,β-unsaturated/α-hetero) is 1. The predicted molar refractivity (Wildman–Crippen MR) is 81.7 cm³/mol. The van der Waals surface area contributed by atoms with Gasteiger partial charge in [-0.1, -0.05) is 54.0 Å². The summed E-state index contributed by atoms with van der Waals surface area (Å²) in [6.07, 6.45) is 3.82. The van der Waals surface area contributed by atoms with Gasteiger partial charge in [0.05, 0.1) is 0 Å². The summed E-state index contributed by atoms with van der Waals surface area (Å²) in [5, 5.41) is 0. The average molecular weight is 246 g/mol. The highest BCUT2D eigenvalue weighted by molar-refractivity contribution is 6.32. The summed E-state index contributed by atoms with van der Waals surface area (Å²) >= 11 is 0. The van der Waals surface area contributed by atoms with E-state index in [9.17, 15) is 4.79 Å². The lowest BCUT2D eigenvalue weighted by Gasteiger charge is -2.17. The van der Waals surface area contributed by atoms with Gasteiger partial charge >= 0.3 is 0 Å². The Bertz CT molecular complexity index is 653. The van der Waals surface area contributed by atoms with Crippen LogP contribution in [-0.4, -0.2) is 13.6 Å². The Labute approximate surface area is 114 Å². The fourth-order valence-electron chi connectivity index (χ4n) is 2.52. The number of ketones is 1. The molecule has 0 atom stereocenters. The molecule has 0 heterocycles. The zero-order valence-corrected chi connectivity index (χ0v) is 11.0. The number of fused-ring (bicyclic) bond motifs is 1. The van der Waals surface area contributed by atoms with Gasteiger partial charge in [0.2, 0.25) is 0 Å². The summed E-state index contributed by atoms with van der Waals surface area (Å²) < 4.78 is 0. The first-order valence-electron chi connectivity index (χ1n) is 6.64. The Hall–Kier alpha value is -2.09. The molecule has 2 aromatic carbocycles. The van der Waals surface area contributed by atoms with E-state index in [0.29, 0.717) is 0 Å². The molecule has 0 spiro atoms. The number of carbonyl (C=O) groups excluding carboxylic acids is 1. The van der Waals surface area contributed by atoms with Crippen LogP contribution in [0.15, 0.2) is 54.1 Å². The monoisotopic (exact) mass is 246 g/mol. The molecule has 3 rings (SSSR count). The van der Waals surface area contributed by atoms with Gasteiger partial charge in [-0.25, -0.2) is 0 Å². The van der Waals surface area contributed by atoms with Gasteiger partial charge in [-0.2, -0.15) is 0 Å². The van der Waals surface area contributed by atoms with Crippen LogP contribution in [0.25, 0.3) is 6.08 Å². The van der Waals surface area contributed by atoms with Crippen LogP contribution in [0, 0.1) is 0 Å². The van der Waals surface area contributed by atoms with Crippen molar-refractivity contribution in [3.8, 4) is 0 Å². The zero-order chi connectivity index (χ0) is 13.2. The number of carbonyl (C=O) groups is 1. The Morgan fingerprint density at radius 3 is 2.47 bits per heavy atom. The molecule has 92 valence electrons. The molecule has 1 nitrogen and oxygen atoms in total. The van der Waals surface area contributed by atoms with Crippen LogP contribution in [0.5, 0.6) is 0 Å². The quantitative estimate of drug-likeness (QED) is 0.556. The first-order valence-corrected chi connectivity index (χ1v) is 6.64. The van der Waals surface area contributed by atoms with Gasteiger partial charge in [0.1, 0.15) is 7.85 Å². The average Bonchev–Trinajstić information content (AvgIpc) is 2.45. The number of allylic oxidation sites excluding steroid dienone is 1. The smallest absolute Gasteiger partial charge is 0.189 e. The maximum absolute atomic E-state index is 12.4. The second kappa shape index (κ2) is 4.89. The third-order valence-corrected chi connectivity index (χ3v) is 3.64. The molecule has 19 heavy (non-hydrogen) atoms. The van der Waals surface area contributed by atoms with Crippen molar-refractivity contribution in [1.29, 1.82) is 0 Å². The minimum absolute atomic E-state index is 0.183. The standard InChI is InChI=1S/C17H15BO/c18-15-9-5-12(6-10-15)11-14-8-7-13-3-1-2-4-16(13)17(14)19/h1-6,9-11H,7-8,18H2/b14-11+. The third-order valence-electron chi connectivity index (χ3n) is 3.64. The second-order valence-electron chi connectivity index (χ2n) is 5.07. The predicted octanol–water partition coefficient (Wildman–Crippen LogP) is 2.16. The second-order valence-corrected chi connectivity index (χ2v) is 5.07. The van der Waals surface area contributed by atoms with Crippen molar-refractivity contribution in [3.63, 3.8) is 0 Å². The van der Waals surface area contributed by atoms with Crippen LogP contribution >= 0.6 is 0 Å². The number of benzene rings is 2. The van der Waals surface area contributed by atoms with Crippen LogP contribution in [0.1, 0.15) is 27.9 Å². The van der Waals surface area contributed by atoms with E-state index >= 15 is 0 Å². The van der Waals surface area contributed by atoms with Crippen molar-refractivity contribution in [1.82, 2.24) is 0 Å². The van der Waals surface area contributed by atoms with Crippen molar-refractivity contribution in [2.75, 3.05) is 0 Å². The highest BCUT2D eigenvalue weighted by Gasteiger charge is 2.20. The molecule has 0 aromatic heterocycles. The van der Waals surface area contributed by atoms with Crippen LogP contribution in [0.3, 0.4) is 0 Å². The van der Waals surface area contributed by atoms with Gasteiger partial charge in [-0.3, -0.25) is 4.79 Å². The fourth-order valence-corrected chi connectivity index (χ4v) is 2.52. The third kappa shape index (κ3) is 2.39. The number of rotatable bonds is 1. The Morgan fingerprint density at radius 2 is 1.68 bits per heavy atom. The lowest BCUT2D eigenvalue weighted by Crippen LogP contribution is -2.13. The van der Waals surface area contributed by atoms with E-state index in [0.717, 1.165) is 29.5 Å². The summed E-state index contributed by atoms with van der Waals surface area (Å²) in [6.45, 7) is 0. The molecule has 0 fully saturated rings.